The van der Waals surface area contributed by atoms with Gasteiger partial charge in [-0.15, -0.1) is 0 Å². The number of hydrogen-bond acceptors (Lipinski definition) is 1. The Morgan fingerprint density at radius 3 is 2.79 bits per heavy atom. The van der Waals surface area contributed by atoms with E-state index in [-0.39, 0.29) is 0 Å². The Hall–Kier alpha value is -1.02. The molecule has 14 heavy (non-hydrogen) atoms. The van der Waals surface area contributed by atoms with Gasteiger partial charge in [0, 0.05) is 18.1 Å². The zero-order valence-corrected chi connectivity index (χ0v) is 9.34. The van der Waals surface area contributed by atoms with Crippen molar-refractivity contribution >= 4 is 17.2 Å². The van der Waals surface area contributed by atoms with Gasteiger partial charge in [0.2, 0.25) is 0 Å². The first-order chi connectivity index (χ1) is 6.59. The molecule has 2 heterocycles. The number of imidazole rings is 1. The smallest absolute Gasteiger partial charge is 0.139 e. The van der Waals surface area contributed by atoms with Crippen molar-refractivity contribution in [1.29, 1.82) is 0 Å². The topological polar surface area (TPSA) is 17.3 Å². The summed E-state index contributed by atoms with van der Waals surface area (Å²) in [6.07, 6.45) is 3.84. The highest BCUT2D eigenvalue weighted by Gasteiger charge is 2.08. The Bertz CT molecular complexity index is 471. The summed E-state index contributed by atoms with van der Waals surface area (Å²) in [5.74, 6) is 0.461. The van der Waals surface area contributed by atoms with Crippen LogP contribution in [0, 0.1) is 6.92 Å². The maximum atomic E-state index is 6.01. The second kappa shape index (κ2) is 3.28. The van der Waals surface area contributed by atoms with Crippen LogP contribution in [0.3, 0.4) is 0 Å². The minimum Gasteiger partial charge on any atom is -0.302 e. The Morgan fingerprint density at radius 1 is 1.43 bits per heavy atom. The van der Waals surface area contributed by atoms with Gasteiger partial charge in [-0.25, -0.2) is 4.98 Å². The largest absolute Gasteiger partial charge is 0.302 e. The molecule has 2 rings (SSSR count). The number of pyridine rings is 1. The molecular formula is C11H13ClN2. The lowest BCUT2D eigenvalue weighted by Crippen LogP contribution is -1.95. The molecule has 2 aromatic heterocycles. The van der Waals surface area contributed by atoms with Crippen molar-refractivity contribution in [3.05, 3.63) is 34.7 Å². The maximum Gasteiger partial charge on any atom is 0.139 e. The molecule has 0 N–H and O–H groups in total. The van der Waals surface area contributed by atoms with Crippen molar-refractivity contribution < 1.29 is 0 Å². The highest BCUT2D eigenvalue weighted by atomic mass is 35.5. The molecule has 3 heteroatoms. The van der Waals surface area contributed by atoms with Crippen LogP contribution in [0.5, 0.6) is 0 Å². The van der Waals surface area contributed by atoms with Crippen molar-refractivity contribution in [2.24, 2.45) is 0 Å². The Kier molecular flexibility index (Phi) is 2.23. The first kappa shape index (κ1) is 9.53. The van der Waals surface area contributed by atoms with E-state index in [2.05, 4.69) is 23.2 Å². The second-order valence-electron chi connectivity index (χ2n) is 3.87. The SMILES string of the molecule is Cc1cc(Cl)cn2c(C(C)C)cnc12. The summed E-state index contributed by atoms with van der Waals surface area (Å²) in [7, 11) is 0. The lowest BCUT2D eigenvalue weighted by atomic mass is 10.1. The fraction of sp³-hybridized carbons (Fsp3) is 0.364. The molecule has 0 aromatic carbocycles. The average molecular weight is 209 g/mol. The second-order valence-corrected chi connectivity index (χ2v) is 4.31. The number of rotatable bonds is 1. The summed E-state index contributed by atoms with van der Waals surface area (Å²) in [6.45, 7) is 6.33. The molecule has 0 unspecified atom stereocenters. The molecule has 0 spiro atoms. The van der Waals surface area contributed by atoms with E-state index >= 15 is 0 Å². The van der Waals surface area contributed by atoms with Crippen molar-refractivity contribution in [2.75, 3.05) is 0 Å². The summed E-state index contributed by atoms with van der Waals surface area (Å²) in [5, 5.41) is 0.759. The molecule has 2 nitrogen and oxygen atoms in total. The third-order valence-corrected chi connectivity index (χ3v) is 2.58. The number of aryl methyl sites for hydroxylation is 1. The van der Waals surface area contributed by atoms with E-state index in [0.29, 0.717) is 5.92 Å². The molecule has 0 aliphatic rings. The Balaban J connectivity index is 2.78. The standard InChI is InChI=1S/C11H13ClN2/c1-7(2)10-5-13-11-8(3)4-9(12)6-14(10)11/h4-7H,1-3H3. The van der Waals surface area contributed by atoms with Gasteiger partial charge in [0.15, 0.2) is 0 Å². The molecule has 0 radical (unpaired) electrons. The fourth-order valence-electron chi connectivity index (χ4n) is 1.66. The van der Waals surface area contributed by atoms with E-state index in [1.54, 1.807) is 0 Å². The van der Waals surface area contributed by atoms with Gasteiger partial charge in [-0.3, -0.25) is 0 Å². The van der Waals surface area contributed by atoms with Crippen LogP contribution < -0.4 is 0 Å². The first-order valence-corrected chi connectivity index (χ1v) is 5.10. The molecule has 0 saturated carbocycles. The molecule has 0 saturated heterocycles. The van der Waals surface area contributed by atoms with Crippen LogP contribution in [0.2, 0.25) is 5.02 Å². The van der Waals surface area contributed by atoms with Crippen LogP contribution in [-0.2, 0) is 0 Å². The van der Waals surface area contributed by atoms with Gasteiger partial charge >= 0.3 is 0 Å². The number of hydrogen-bond donors (Lipinski definition) is 0. The predicted molar refractivity (Wildman–Crippen MR) is 59.0 cm³/mol. The van der Waals surface area contributed by atoms with Gasteiger partial charge in [0.05, 0.1) is 5.02 Å². The Labute approximate surface area is 88.5 Å². The minimum atomic E-state index is 0.461. The summed E-state index contributed by atoms with van der Waals surface area (Å²) in [5.41, 5.74) is 3.31. The first-order valence-electron chi connectivity index (χ1n) is 4.72. The van der Waals surface area contributed by atoms with E-state index in [4.69, 9.17) is 11.6 Å². The van der Waals surface area contributed by atoms with Crippen molar-refractivity contribution in [2.45, 2.75) is 26.7 Å². The monoisotopic (exact) mass is 208 g/mol. The summed E-state index contributed by atoms with van der Waals surface area (Å²) in [6, 6.07) is 1.94. The van der Waals surface area contributed by atoms with Crippen LogP contribution in [0.15, 0.2) is 18.5 Å². The van der Waals surface area contributed by atoms with Crippen LogP contribution in [0.25, 0.3) is 5.65 Å². The number of nitrogens with zero attached hydrogens (tertiary/aromatic N) is 2. The lowest BCUT2D eigenvalue weighted by Gasteiger charge is -2.06. The van der Waals surface area contributed by atoms with E-state index in [1.165, 1.54) is 5.69 Å². The average Bonchev–Trinajstić information content (AvgIpc) is 2.47. The van der Waals surface area contributed by atoms with Crippen LogP contribution >= 0.6 is 11.6 Å². The van der Waals surface area contributed by atoms with E-state index in [0.717, 1.165) is 16.2 Å². The molecule has 0 atom stereocenters. The minimum absolute atomic E-state index is 0.461. The Morgan fingerprint density at radius 2 is 2.14 bits per heavy atom. The highest BCUT2D eigenvalue weighted by molar-refractivity contribution is 6.30. The van der Waals surface area contributed by atoms with E-state index in [9.17, 15) is 0 Å². The van der Waals surface area contributed by atoms with Gasteiger partial charge in [0.1, 0.15) is 5.65 Å². The molecule has 0 amide bonds. The summed E-state index contributed by atoms with van der Waals surface area (Å²) in [4.78, 5) is 4.38. The number of aromatic nitrogens is 2. The summed E-state index contributed by atoms with van der Waals surface area (Å²) < 4.78 is 2.07. The van der Waals surface area contributed by atoms with Crippen molar-refractivity contribution in [3.63, 3.8) is 0 Å². The highest BCUT2D eigenvalue weighted by Crippen LogP contribution is 2.21. The molecule has 0 aliphatic heterocycles. The zero-order chi connectivity index (χ0) is 10.3. The lowest BCUT2D eigenvalue weighted by molar-refractivity contribution is 0.808. The van der Waals surface area contributed by atoms with Gasteiger partial charge in [0.25, 0.3) is 0 Å². The molecule has 0 bridgehead atoms. The normalized spacial score (nSPS) is 11.5. The molecular weight excluding hydrogens is 196 g/mol. The third kappa shape index (κ3) is 1.40. The molecule has 0 aliphatic carbocycles. The predicted octanol–water partition coefficient (Wildman–Crippen LogP) is 3.42. The van der Waals surface area contributed by atoms with Crippen LogP contribution in [0.4, 0.5) is 0 Å². The van der Waals surface area contributed by atoms with Crippen molar-refractivity contribution in [3.8, 4) is 0 Å². The van der Waals surface area contributed by atoms with Crippen LogP contribution in [0.1, 0.15) is 31.0 Å². The van der Waals surface area contributed by atoms with Crippen molar-refractivity contribution in [1.82, 2.24) is 9.38 Å². The summed E-state index contributed by atoms with van der Waals surface area (Å²) >= 11 is 6.01. The fourth-order valence-corrected chi connectivity index (χ4v) is 1.92. The number of halogens is 1. The number of fused-ring (bicyclic) bond motifs is 1. The quantitative estimate of drug-likeness (QED) is 0.702. The van der Waals surface area contributed by atoms with Gasteiger partial charge in [-0.1, -0.05) is 25.4 Å². The van der Waals surface area contributed by atoms with E-state index in [1.807, 2.05) is 25.4 Å². The van der Waals surface area contributed by atoms with Gasteiger partial charge in [-0.2, -0.15) is 0 Å². The van der Waals surface area contributed by atoms with Gasteiger partial charge in [-0.05, 0) is 24.5 Å². The molecule has 74 valence electrons. The third-order valence-electron chi connectivity index (χ3n) is 2.38. The van der Waals surface area contributed by atoms with E-state index < -0.39 is 0 Å². The molecule has 2 aromatic rings. The zero-order valence-electron chi connectivity index (χ0n) is 8.58. The maximum absolute atomic E-state index is 6.01. The van der Waals surface area contributed by atoms with Gasteiger partial charge < -0.3 is 4.40 Å². The van der Waals surface area contributed by atoms with Crippen LogP contribution in [-0.4, -0.2) is 9.38 Å². The molecule has 0 fully saturated rings.